The van der Waals surface area contributed by atoms with Gasteiger partial charge in [-0.1, -0.05) is 13.8 Å². The third-order valence-corrected chi connectivity index (χ3v) is 3.72. The maximum absolute atomic E-state index is 12.3. The average molecular weight is 341 g/mol. The first-order chi connectivity index (χ1) is 12.0. The Hall–Kier alpha value is -3.29. The molecule has 3 aromatic rings. The van der Waals surface area contributed by atoms with Crippen LogP contribution in [0, 0.1) is 0 Å². The third kappa shape index (κ3) is 3.32. The number of pyridine rings is 2. The summed E-state index contributed by atoms with van der Waals surface area (Å²) in [6, 6.07) is 6.44. The van der Waals surface area contributed by atoms with Crippen LogP contribution in [0.1, 0.15) is 36.1 Å². The first-order valence-electron chi connectivity index (χ1n) is 7.85. The van der Waals surface area contributed by atoms with Crippen LogP contribution >= 0.6 is 0 Å². The molecule has 0 aliphatic heterocycles. The predicted molar refractivity (Wildman–Crippen MR) is 88.1 cm³/mol. The second-order valence-corrected chi connectivity index (χ2v) is 5.84. The lowest BCUT2D eigenvalue weighted by Gasteiger charge is -2.05. The number of nitrogens with zero attached hydrogens (tertiary/aromatic N) is 2. The van der Waals surface area contributed by atoms with Crippen LogP contribution in [-0.2, 0) is 0 Å². The lowest BCUT2D eigenvalue weighted by atomic mass is 10.2. The molecule has 0 saturated heterocycles. The second kappa shape index (κ2) is 6.68. The molecule has 0 aliphatic rings. The van der Waals surface area contributed by atoms with E-state index in [0.717, 1.165) is 0 Å². The van der Waals surface area contributed by atoms with E-state index in [1.807, 2.05) is 13.8 Å². The molecule has 1 amide bonds. The summed E-state index contributed by atoms with van der Waals surface area (Å²) >= 11 is 0. The Balaban J connectivity index is 2.05. The Kier molecular flexibility index (Phi) is 4.42. The number of hydrogen-bond acceptors (Lipinski definition) is 4. The van der Waals surface area contributed by atoms with Crippen molar-refractivity contribution in [3.8, 4) is 17.1 Å². The first-order valence-corrected chi connectivity index (χ1v) is 7.85. The van der Waals surface area contributed by atoms with Crippen LogP contribution < -0.4 is 20.8 Å². The highest BCUT2D eigenvalue weighted by Gasteiger charge is 2.21. The lowest BCUT2D eigenvalue weighted by molar-refractivity contribution is -0.388. The molecule has 0 aliphatic carbocycles. The Morgan fingerprint density at radius 2 is 2.12 bits per heavy atom. The van der Waals surface area contributed by atoms with Crippen LogP contribution in [-0.4, -0.2) is 22.7 Å². The molecular weight excluding hydrogens is 322 g/mol. The van der Waals surface area contributed by atoms with E-state index in [4.69, 9.17) is 4.52 Å². The molecule has 0 atom stereocenters. The predicted octanol–water partition coefficient (Wildman–Crippen LogP) is 0.604. The second-order valence-electron chi connectivity index (χ2n) is 5.84. The van der Waals surface area contributed by atoms with E-state index in [1.54, 1.807) is 37.6 Å². The third-order valence-electron chi connectivity index (χ3n) is 3.72. The molecule has 3 N–H and O–H groups in total. The zero-order valence-corrected chi connectivity index (χ0v) is 14.2. The van der Waals surface area contributed by atoms with E-state index in [9.17, 15) is 9.59 Å². The number of carbonyl (C=O) groups excluding carboxylic acids is 1. The van der Waals surface area contributed by atoms with Gasteiger partial charge in [0.1, 0.15) is 0 Å². The van der Waals surface area contributed by atoms with Crippen LogP contribution in [0.4, 0.5) is 0 Å². The molecule has 3 rings (SSSR count). The van der Waals surface area contributed by atoms with Crippen LogP contribution in [0.3, 0.4) is 0 Å². The molecule has 3 heterocycles. The van der Waals surface area contributed by atoms with Crippen molar-refractivity contribution in [2.24, 2.45) is 0 Å². The van der Waals surface area contributed by atoms with Gasteiger partial charge in [-0.25, -0.2) is 14.5 Å². The van der Waals surface area contributed by atoms with Crippen molar-refractivity contribution < 1.29 is 19.3 Å². The molecule has 3 aromatic heterocycles. The maximum Gasteiger partial charge on any atom is 0.379 e. The van der Waals surface area contributed by atoms with Gasteiger partial charge in [-0.3, -0.25) is 14.2 Å². The van der Waals surface area contributed by atoms with E-state index in [2.05, 4.69) is 20.4 Å². The van der Waals surface area contributed by atoms with E-state index in [1.165, 1.54) is 10.6 Å². The van der Waals surface area contributed by atoms with E-state index < -0.39 is 0 Å². The highest BCUT2D eigenvalue weighted by Crippen LogP contribution is 2.15. The maximum atomic E-state index is 12.3. The van der Waals surface area contributed by atoms with Crippen LogP contribution in [0.5, 0.6) is 0 Å². The molecule has 0 spiro atoms. The number of amides is 1. The summed E-state index contributed by atoms with van der Waals surface area (Å²) < 4.78 is 6.72. The quantitative estimate of drug-likeness (QED) is 0.750. The molecule has 0 bridgehead atoms. The summed E-state index contributed by atoms with van der Waals surface area (Å²) in [6.07, 6.45) is 3.27. The summed E-state index contributed by atoms with van der Waals surface area (Å²) in [5.74, 6) is 1.10. The number of H-pyrrole nitrogens is 2. The minimum atomic E-state index is -0.266. The Bertz CT molecular complexity index is 974. The standard InChI is InChI=1S/C17H17N5O3/c1-10(2)17-20-15(21-25-17)11-4-5-14(23)22(9-11)12-6-7-19-13(8-12)16(24)18-3/h4-10H,1-3H3,(H,18,24)/p+2. The number of aromatic nitrogens is 4. The van der Waals surface area contributed by atoms with Gasteiger partial charge in [0.2, 0.25) is 0 Å². The van der Waals surface area contributed by atoms with Crippen molar-refractivity contribution in [2.75, 3.05) is 7.05 Å². The van der Waals surface area contributed by atoms with Crippen molar-refractivity contribution in [1.82, 2.24) is 15.0 Å². The van der Waals surface area contributed by atoms with E-state index in [0.29, 0.717) is 28.7 Å². The topological polar surface area (TPSA) is 105 Å². The molecule has 8 nitrogen and oxygen atoms in total. The minimum Gasteiger partial charge on any atom is -0.350 e. The van der Waals surface area contributed by atoms with Gasteiger partial charge in [-0.05, 0) is 6.07 Å². The van der Waals surface area contributed by atoms with Crippen molar-refractivity contribution in [3.05, 3.63) is 58.6 Å². The summed E-state index contributed by atoms with van der Waals surface area (Å²) in [5.41, 5.74) is 1.40. The molecule has 0 unspecified atom stereocenters. The fourth-order valence-electron chi connectivity index (χ4n) is 2.33. The van der Waals surface area contributed by atoms with Crippen molar-refractivity contribution in [2.45, 2.75) is 19.8 Å². The highest BCUT2D eigenvalue weighted by molar-refractivity contribution is 5.90. The van der Waals surface area contributed by atoms with Gasteiger partial charge in [0.25, 0.3) is 11.3 Å². The molecule has 8 heteroatoms. The molecule has 128 valence electrons. The van der Waals surface area contributed by atoms with Gasteiger partial charge in [0.15, 0.2) is 11.4 Å². The first kappa shape index (κ1) is 16.6. The van der Waals surface area contributed by atoms with Crippen LogP contribution in [0.2, 0.25) is 0 Å². The SMILES string of the molecule is CNC(=O)c1cc(-n2cc(-c3noc(C(C)C)[nH+]3)ccc2=O)cc[nH+]1. The number of rotatable bonds is 4. The molecule has 0 aromatic carbocycles. The minimum absolute atomic E-state index is 0.173. The molecule has 0 saturated carbocycles. The van der Waals surface area contributed by atoms with Crippen molar-refractivity contribution in [1.29, 1.82) is 0 Å². The molecule has 0 radical (unpaired) electrons. The van der Waals surface area contributed by atoms with Crippen LogP contribution in [0.15, 0.2) is 46.0 Å². The monoisotopic (exact) mass is 341 g/mol. The van der Waals surface area contributed by atoms with Gasteiger partial charge in [0.05, 0.1) is 17.2 Å². The average Bonchev–Trinajstić information content (AvgIpc) is 3.12. The van der Waals surface area contributed by atoms with E-state index >= 15 is 0 Å². The van der Waals surface area contributed by atoms with Crippen molar-refractivity contribution >= 4 is 5.91 Å². The Labute approximate surface area is 143 Å². The van der Waals surface area contributed by atoms with Gasteiger partial charge in [-0.2, -0.15) is 0 Å². The molecule has 25 heavy (non-hydrogen) atoms. The van der Waals surface area contributed by atoms with Crippen molar-refractivity contribution in [3.63, 3.8) is 0 Å². The van der Waals surface area contributed by atoms with Gasteiger partial charge in [0, 0.05) is 31.4 Å². The molecular formula is C17H19N5O3+2. The van der Waals surface area contributed by atoms with Gasteiger partial charge in [-0.15, -0.1) is 0 Å². The van der Waals surface area contributed by atoms with Gasteiger partial charge >= 0.3 is 17.6 Å². The highest BCUT2D eigenvalue weighted by atomic mass is 16.5. The number of aromatic amines is 2. The fourth-order valence-corrected chi connectivity index (χ4v) is 2.33. The zero-order valence-electron chi connectivity index (χ0n) is 14.2. The summed E-state index contributed by atoms with van der Waals surface area (Å²) in [5, 5.41) is 6.56. The zero-order chi connectivity index (χ0) is 18.0. The largest absolute Gasteiger partial charge is 0.379 e. The summed E-state index contributed by atoms with van der Waals surface area (Å²) in [6.45, 7) is 3.98. The molecule has 0 fully saturated rings. The number of nitrogens with one attached hydrogen (secondary N) is 3. The number of carbonyl (C=O) groups is 1. The van der Waals surface area contributed by atoms with E-state index in [-0.39, 0.29) is 17.4 Å². The normalized spacial score (nSPS) is 10.9. The Morgan fingerprint density at radius 3 is 2.80 bits per heavy atom. The van der Waals surface area contributed by atoms with Crippen LogP contribution in [0.25, 0.3) is 17.1 Å². The number of hydrogen-bond donors (Lipinski definition) is 1. The summed E-state index contributed by atoms with van der Waals surface area (Å²) in [7, 11) is 1.54. The summed E-state index contributed by atoms with van der Waals surface area (Å²) in [4.78, 5) is 30.0. The smallest absolute Gasteiger partial charge is 0.350 e. The van der Waals surface area contributed by atoms with Gasteiger partial charge < -0.3 is 5.32 Å². The Morgan fingerprint density at radius 1 is 1.32 bits per heavy atom. The fraction of sp³-hybridized carbons (Fsp3) is 0.235. The lowest BCUT2D eigenvalue weighted by Crippen LogP contribution is -2.27.